The second kappa shape index (κ2) is 5.97. The lowest BCUT2D eigenvalue weighted by Crippen LogP contribution is -2.29. The largest absolute Gasteiger partial charge is 0.348 e. The van der Waals surface area contributed by atoms with Crippen LogP contribution in [0.5, 0.6) is 0 Å². The minimum atomic E-state index is -0.285. The van der Waals surface area contributed by atoms with Gasteiger partial charge in [-0.1, -0.05) is 24.3 Å². The van der Waals surface area contributed by atoms with Crippen LogP contribution in [0.1, 0.15) is 18.5 Å². The van der Waals surface area contributed by atoms with E-state index in [0.717, 1.165) is 16.6 Å². The Labute approximate surface area is 127 Å². The zero-order valence-corrected chi connectivity index (χ0v) is 12.2. The first-order chi connectivity index (χ1) is 10.6. The highest BCUT2D eigenvalue weighted by molar-refractivity contribution is 5.80. The van der Waals surface area contributed by atoms with Crippen LogP contribution in [-0.4, -0.2) is 15.5 Å². The van der Waals surface area contributed by atoms with Crippen LogP contribution in [-0.2, 0) is 11.3 Å². The number of rotatable bonds is 4. The standard InChI is InChI=1S/C17H16FN3O/c1-12(13-6-8-14(18)9-7-13)20-17(22)10-21-11-19-15-4-2-3-5-16(15)21/h2-9,11-12H,10H2,1H3,(H,20,22). The van der Waals surface area contributed by atoms with E-state index in [-0.39, 0.29) is 24.3 Å². The van der Waals surface area contributed by atoms with Crippen LogP contribution in [0.15, 0.2) is 54.9 Å². The fraction of sp³-hybridized carbons (Fsp3) is 0.176. The van der Waals surface area contributed by atoms with Gasteiger partial charge in [0.2, 0.25) is 5.91 Å². The predicted molar refractivity (Wildman–Crippen MR) is 82.7 cm³/mol. The van der Waals surface area contributed by atoms with E-state index < -0.39 is 0 Å². The molecule has 5 heteroatoms. The molecule has 1 unspecified atom stereocenters. The zero-order chi connectivity index (χ0) is 15.5. The molecule has 0 aliphatic heterocycles. The van der Waals surface area contributed by atoms with Gasteiger partial charge in [-0.25, -0.2) is 9.37 Å². The number of fused-ring (bicyclic) bond motifs is 1. The normalized spacial score (nSPS) is 12.3. The van der Waals surface area contributed by atoms with Crippen LogP contribution < -0.4 is 5.32 Å². The minimum Gasteiger partial charge on any atom is -0.348 e. The number of imidazole rings is 1. The van der Waals surface area contributed by atoms with Gasteiger partial charge < -0.3 is 9.88 Å². The molecule has 1 atom stereocenters. The van der Waals surface area contributed by atoms with Gasteiger partial charge in [0, 0.05) is 0 Å². The highest BCUT2D eigenvalue weighted by Crippen LogP contribution is 2.14. The number of nitrogens with zero attached hydrogens (tertiary/aromatic N) is 2. The quantitative estimate of drug-likeness (QED) is 0.804. The first-order valence-corrected chi connectivity index (χ1v) is 7.08. The summed E-state index contributed by atoms with van der Waals surface area (Å²) in [6.07, 6.45) is 1.66. The van der Waals surface area contributed by atoms with Crippen LogP contribution in [0, 0.1) is 5.82 Å². The number of hydrogen-bond acceptors (Lipinski definition) is 2. The second-order valence-corrected chi connectivity index (χ2v) is 5.20. The van der Waals surface area contributed by atoms with Crippen LogP contribution >= 0.6 is 0 Å². The Hall–Kier alpha value is -2.69. The molecule has 0 saturated heterocycles. The molecule has 1 amide bonds. The van der Waals surface area contributed by atoms with E-state index in [0.29, 0.717) is 0 Å². The first kappa shape index (κ1) is 14.3. The fourth-order valence-corrected chi connectivity index (χ4v) is 2.41. The Bertz CT molecular complexity index is 795. The highest BCUT2D eigenvalue weighted by atomic mass is 19.1. The van der Waals surface area contributed by atoms with E-state index in [9.17, 15) is 9.18 Å². The predicted octanol–water partition coefficient (Wildman–Crippen LogP) is 3.05. The maximum atomic E-state index is 12.9. The maximum Gasteiger partial charge on any atom is 0.240 e. The summed E-state index contributed by atoms with van der Waals surface area (Å²) in [5, 5.41) is 2.91. The number of para-hydroxylation sites is 2. The molecule has 0 radical (unpaired) electrons. The number of benzene rings is 2. The van der Waals surface area contributed by atoms with Gasteiger partial charge in [-0.15, -0.1) is 0 Å². The average molecular weight is 297 g/mol. The van der Waals surface area contributed by atoms with E-state index >= 15 is 0 Å². The van der Waals surface area contributed by atoms with Crippen molar-refractivity contribution in [1.29, 1.82) is 0 Å². The van der Waals surface area contributed by atoms with Gasteiger partial charge in [0.1, 0.15) is 12.4 Å². The van der Waals surface area contributed by atoms with E-state index in [1.54, 1.807) is 18.5 Å². The van der Waals surface area contributed by atoms with Gasteiger partial charge in [0.25, 0.3) is 0 Å². The van der Waals surface area contributed by atoms with Crippen molar-refractivity contribution >= 4 is 16.9 Å². The van der Waals surface area contributed by atoms with E-state index in [2.05, 4.69) is 10.3 Å². The molecule has 3 aromatic rings. The SMILES string of the molecule is CC(NC(=O)Cn1cnc2ccccc21)c1ccc(F)cc1. The van der Waals surface area contributed by atoms with Crippen LogP contribution in [0.25, 0.3) is 11.0 Å². The smallest absolute Gasteiger partial charge is 0.240 e. The van der Waals surface area contributed by atoms with Crippen molar-refractivity contribution in [2.24, 2.45) is 0 Å². The number of carbonyl (C=O) groups is 1. The van der Waals surface area contributed by atoms with E-state index in [1.807, 2.05) is 35.8 Å². The lowest BCUT2D eigenvalue weighted by atomic mass is 10.1. The van der Waals surface area contributed by atoms with Gasteiger partial charge in [0.15, 0.2) is 0 Å². The zero-order valence-electron chi connectivity index (χ0n) is 12.2. The van der Waals surface area contributed by atoms with Crippen LogP contribution in [0.4, 0.5) is 4.39 Å². The second-order valence-electron chi connectivity index (χ2n) is 5.20. The summed E-state index contributed by atoms with van der Waals surface area (Å²) < 4.78 is 14.7. The van der Waals surface area contributed by atoms with Gasteiger partial charge in [0.05, 0.1) is 23.4 Å². The third-order valence-electron chi connectivity index (χ3n) is 3.59. The molecule has 0 bridgehead atoms. The summed E-state index contributed by atoms with van der Waals surface area (Å²) in [7, 11) is 0. The van der Waals surface area contributed by atoms with Gasteiger partial charge in [-0.2, -0.15) is 0 Å². The molecule has 3 rings (SSSR count). The maximum absolute atomic E-state index is 12.9. The third-order valence-corrected chi connectivity index (χ3v) is 3.59. The summed E-state index contributed by atoms with van der Waals surface area (Å²) in [5.41, 5.74) is 2.65. The molecule has 1 N–H and O–H groups in total. The lowest BCUT2D eigenvalue weighted by molar-refractivity contribution is -0.122. The lowest BCUT2D eigenvalue weighted by Gasteiger charge is -2.14. The van der Waals surface area contributed by atoms with Gasteiger partial charge in [-0.05, 0) is 36.8 Å². The molecule has 0 spiro atoms. The molecular formula is C17H16FN3O. The Balaban J connectivity index is 1.68. The minimum absolute atomic E-state index is 0.111. The van der Waals surface area contributed by atoms with Crippen molar-refractivity contribution in [3.05, 3.63) is 66.2 Å². The molecule has 0 fully saturated rings. The van der Waals surface area contributed by atoms with E-state index in [1.165, 1.54) is 12.1 Å². The molecule has 1 aromatic heterocycles. The van der Waals surface area contributed by atoms with Crippen molar-refractivity contribution in [1.82, 2.24) is 14.9 Å². The average Bonchev–Trinajstić information content (AvgIpc) is 2.91. The number of hydrogen-bond donors (Lipinski definition) is 1. The first-order valence-electron chi connectivity index (χ1n) is 7.08. The van der Waals surface area contributed by atoms with Gasteiger partial charge >= 0.3 is 0 Å². The molecule has 0 aliphatic rings. The van der Waals surface area contributed by atoms with Crippen LogP contribution in [0.2, 0.25) is 0 Å². The summed E-state index contributed by atoms with van der Waals surface area (Å²) in [6.45, 7) is 2.07. The topological polar surface area (TPSA) is 46.9 Å². The summed E-state index contributed by atoms with van der Waals surface area (Å²) in [6, 6.07) is 13.6. The van der Waals surface area contributed by atoms with Crippen molar-refractivity contribution < 1.29 is 9.18 Å². The summed E-state index contributed by atoms with van der Waals surface area (Å²) >= 11 is 0. The Morgan fingerprint density at radius 1 is 1.23 bits per heavy atom. The number of nitrogens with one attached hydrogen (secondary N) is 1. The number of carbonyl (C=O) groups excluding carboxylic acids is 1. The molecule has 2 aromatic carbocycles. The van der Waals surface area contributed by atoms with Crippen molar-refractivity contribution in [3.63, 3.8) is 0 Å². The van der Waals surface area contributed by atoms with Crippen molar-refractivity contribution in [2.75, 3.05) is 0 Å². The molecule has 22 heavy (non-hydrogen) atoms. The summed E-state index contributed by atoms with van der Waals surface area (Å²) in [4.78, 5) is 16.4. The Kier molecular flexibility index (Phi) is 3.87. The van der Waals surface area contributed by atoms with Crippen molar-refractivity contribution in [3.8, 4) is 0 Å². The summed E-state index contributed by atoms with van der Waals surface area (Å²) in [5.74, 6) is -0.396. The number of amides is 1. The monoisotopic (exact) mass is 297 g/mol. The van der Waals surface area contributed by atoms with Crippen LogP contribution in [0.3, 0.4) is 0 Å². The number of aromatic nitrogens is 2. The van der Waals surface area contributed by atoms with Gasteiger partial charge in [-0.3, -0.25) is 4.79 Å². The number of halogens is 1. The molecule has 1 heterocycles. The van der Waals surface area contributed by atoms with Crippen molar-refractivity contribution in [2.45, 2.75) is 19.5 Å². The third kappa shape index (κ3) is 2.98. The molecule has 4 nitrogen and oxygen atoms in total. The Morgan fingerprint density at radius 2 is 1.95 bits per heavy atom. The Morgan fingerprint density at radius 3 is 2.73 bits per heavy atom. The molecular weight excluding hydrogens is 281 g/mol. The molecule has 0 saturated carbocycles. The fourth-order valence-electron chi connectivity index (χ4n) is 2.41. The van der Waals surface area contributed by atoms with E-state index in [4.69, 9.17) is 0 Å². The highest BCUT2D eigenvalue weighted by Gasteiger charge is 2.11. The molecule has 0 aliphatic carbocycles. The molecule has 112 valence electrons.